The molecule has 0 unspecified atom stereocenters. The number of phenolic OH excluding ortho intramolecular Hbond substituents is 1. The molecule has 0 fully saturated rings. The number of ether oxygens (including phenoxy) is 1. The van der Waals surface area contributed by atoms with E-state index in [4.69, 9.17) is 10.5 Å². The Kier molecular flexibility index (Phi) is 4.22. The van der Waals surface area contributed by atoms with Crippen LogP contribution in [0.15, 0.2) is 18.2 Å². The highest BCUT2D eigenvalue weighted by atomic mass is 16.5. The van der Waals surface area contributed by atoms with E-state index in [0.717, 1.165) is 5.56 Å². The summed E-state index contributed by atoms with van der Waals surface area (Å²) in [5.74, 6) is 0.285. The lowest BCUT2D eigenvalue weighted by atomic mass is 9.86. The number of hydrogen-bond donors (Lipinski definition) is 2. The highest BCUT2D eigenvalue weighted by Gasteiger charge is 2.20. The van der Waals surface area contributed by atoms with Crippen molar-refractivity contribution in [3.63, 3.8) is 0 Å². The molecule has 100 valence electrons. The van der Waals surface area contributed by atoms with Gasteiger partial charge in [0.2, 0.25) is 0 Å². The van der Waals surface area contributed by atoms with Crippen molar-refractivity contribution in [1.29, 1.82) is 0 Å². The van der Waals surface area contributed by atoms with E-state index in [-0.39, 0.29) is 11.2 Å². The van der Waals surface area contributed by atoms with Gasteiger partial charge in [-0.2, -0.15) is 0 Å². The minimum atomic E-state index is -0.637. The zero-order chi connectivity index (χ0) is 13.9. The third-order valence-corrected chi connectivity index (χ3v) is 2.74. The monoisotopic (exact) mass is 251 g/mol. The van der Waals surface area contributed by atoms with Gasteiger partial charge in [0.05, 0.1) is 0 Å². The molecule has 1 rings (SSSR count). The van der Waals surface area contributed by atoms with Crippen molar-refractivity contribution in [2.24, 2.45) is 5.73 Å². The van der Waals surface area contributed by atoms with Crippen molar-refractivity contribution in [2.45, 2.75) is 45.6 Å². The van der Waals surface area contributed by atoms with Crippen LogP contribution in [0.1, 0.15) is 39.7 Å². The van der Waals surface area contributed by atoms with Crippen LogP contribution >= 0.6 is 0 Å². The number of benzene rings is 1. The fourth-order valence-corrected chi connectivity index (χ4v) is 1.70. The van der Waals surface area contributed by atoms with E-state index < -0.39 is 12.0 Å². The first kappa shape index (κ1) is 14.4. The molecule has 0 aliphatic rings. The van der Waals surface area contributed by atoms with Crippen molar-refractivity contribution in [2.75, 3.05) is 0 Å². The maximum absolute atomic E-state index is 11.1. The molecule has 1 atom stereocenters. The molecule has 4 heteroatoms. The minimum Gasteiger partial charge on any atom is -0.508 e. The predicted molar refractivity (Wildman–Crippen MR) is 70.7 cm³/mol. The van der Waals surface area contributed by atoms with Gasteiger partial charge >= 0.3 is 0 Å². The molecule has 0 aliphatic heterocycles. The van der Waals surface area contributed by atoms with Crippen molar-refractivity contribution in [3.05, 3.63) is 23.8 Å². The van der Waals surface area contributed by atoms with Gasteiger partial charge in [-0.1, -0.05) is 27.7 Å². The van der Waals surface area contributed by atoms with Crippen molar-refractivity contribution in [3.8, 4) is 11.5 Å². The number of carbonyl (C=O) groups is 1. The standard InChI is InChI=1S/C14H21NO3/c1-5-12(13(15)17)18-9-6-7-11(16)10(8-9)14(2,3)4/h6-8,12,16H,5H2,1-4H3,(H2,15,17)/t12-/m1/s1. The molecule has 0 spiro atoms. The highest BCUT2D eigenvalue weighted by Crippen LogP contribution is 2.33. The summed E-state index contributed by atoms with van der Waals surface area (Å²) in [5, 5.41) is 9.82. The zero-order valence-electron chi connectivity index (χ0n) is 11.4. The van der Waals surface area contributed by atoms with E-state index in [9.17, 15) is 9.90 Å². The van der Waals surface area contributed by atoms with Gasteiger partial charge < -0.3 is 15.6 Å². The van der Waals surface area contributed by atoms with E-state index in [1.165, 1.54) is 0 Å². The molecule has 0 heterocycles. The molecule has 3 N–H and O–H groups in total. The van der Waals surface area contributed by atoms with Crippen LogP contribution < -0.4 is 10.5 Å². The Morgan fingerprint density at radius 1 is 1.44 bits per heavy atom. The third-order valence-electron chi connectivity index (χ3n) is 2.74. The number of hydrogen-bond acceptors (Lipinski definition) is 3. The Labute approximate surface area is 108 Å². The average molecular weight is 251 g/mol. The Morgan fingerprint density at radius 2 is 2.06 bits per heavy atom. The predicted octanol–water partition coefficient (Wildman–Crippen LogP) is 2.33. The van der Waals surface area contributed by atoms with E-state index in [1.54, 1.807) is 18.2 Å². The first-order chi connectivity index (χ1) is 8.25. The summed E-state index contributed by atoms with van der Waals surface area (Å²) in [6.07, 6.45) is -0.122. The average Bonchev–Trinajstić information content (AvgIpc) is 2.25. The van der Waals surface area contributed by atoms with Crippen molar-refractivity contribution in [1.82, 2.24) is 0 Å². The summed E-state index contributed by atoms with van der Waals surface area (Å²) in [4.78, 5) is 11.1. The molecule has 0 bridgehead atoms. The van der Waals surface area contributed by atoms with Gasteiger partial charge in [-0.25, -0.2) is 0 Å². The number of carbonyl (C=O) groups excluding carboxylic acids is 1. The molecular weight excluding hydrogens is 230 g/mol. The molecule has 0 aromatic heterocycles. The lowest BCUT2D eigenvalue weighted by Crippen LogP contribution is -2.33. The Bertz CT molecular complexity index is 435. The van der Waals surface area contributed by atoms with Gasteiger partial charge in [0.25, 0.3) is 5.91 Å². The Morgan fingerprint density at radius 3 is 2.50 bits per heavy atom. The van der Waals surface area contributed by atoms with E-state index >= 15 is 0 Å². The van der Waals surface area contributed by atoms with Crippen LogP contribution in [0.3, 0.4) is 0 Å². The summed E-state index contributed by atoms with van der Waals surface area (Å²) >= 11 is 0. The second-order valence-electron chi connectivity index (χ2n) is 5.35. The molecule has 0 saturated carbocycles. The summed E-state index contributed by atoms with van der Waals surface area (Å²) in [6.45, 7) is 7.83. The van der Waals surface area contributed by atoms with Crippen LogP contribution in [-0.2, 0) is 10.2 Å². The van der Waals surface area contributed by atoms with Crippen LogP contribution in [0.5, 0.6) is 11.5 Å². The normalized spacial score (nSPS) is 13.1. The number of primary amides is 1. The lowest BCUT2D eigenvalue weighted by Gasteiger charge is -2.22. The van der Waals surface area contributed by atoms with Crippen LogP contribution in [0.25, 0.3) is 0 Å². The van der Waals surface area contributed by atoms with Gasteiger partial charge in [0, 0.05) is 5.56 Å². The number of aromatic hydroxyl groups is 1. The van der Waals surface area contributed by atoms with Crippen LogP contribution in [0.2, 0.25) is 0 Å². The second kappa shape index (κ2) is 5.29. The number of amides is 1. The fraction of sp³-hybridized carbons (Fsp3) is 0.500. The van der Waals surface area contributed by atoms with E-state index in [0.29, 0.717) is 12.2 Å². The van der Waals surface area contributed by atoms with Crippen molar-refractivity contribution < 1.29 is 14.6 Å². The van der Waals surface area contributed by atoms with Gasteiger partial charge in [-0.15, -0.1) is 0 Å². The maximum Gasteiger partial charge on any atom is 0.258 e. The molecule has 1 aromatic carbocycles. The first-order valence-corrected chi connectivity index (χ1v) is 6.05. The van der Waals surface area contributed by atoms with Gasteiger partial charge in [0.15, 0.2) is 6.10 Å². The highest BCUT2D eigenvalue weighted by molar-refractivity contribution is 5.79. The van der Waals surface area contributed by atoms with Crippen LogP contribution in [-0.4, -0.2) is 17.1 Å². The third kappa shape index (κ3) is 3.39. The van der Waals surface area contributed by atoms with E-state index in [1.807, 2.05) is 27.7 Å². The Balaban J connectivity index is 3.02. The Hall–Kier alpha value is -1.71. The summed E-state index contributed by atoms with van der Waals surface area (Å²) < 4.78 is 5.53. The van der Waals surface area contributed by atoms with Gasteiger partial charge in [-0.05, 0) is 30.0 Å². The van der Waals surface area contributed by atoms with Crippen LogP contribution in [0, 0.1) is 0 Å². The van der Waals surface area contributed by atoms with Crippen LogP contribution in [0.4, 0.5) is 0 Å². The summed E-state index contributed by atoms with van der Waals surface area (Å²) in [6, 6.07) is 4.96. The smallest absolute Gasteiger partial charge is 0.258 e. The van der Waals surface area contributed by atoms with Gasteiger partial charge in [-0.3, -0.25) is 4.79 Å². The quantitative estimate of drug-likeness (QED) is 0.862. The first-order valence-electron chi connectivity index (χ1n) is 6.05. The molecular formula is C14H21NO3. The maximum atomic E-state index is 11.1. The molecule has 0 aliphatic carbocycles. The molecule has 1 aromatic rings. The van der Waals surface area contributed by atoms with E-state index in [2.05, 4.69) is 0 Å². The lowest BCUT2D eigenvalue weighted by molar-refractivity contribution is -0.124. The summed E-state index contributed by atoms with van der Waals surface area (Å²) in [5.41, 5.74) is 5.82. The molecule has 0 saturated heterocycles. The molecule has 1 amide bonds. The fourth-order valence-electron chi connectivity index (χ4n) is 1.70. The number of nitrogens with two attached hydrogens (primary N) is 1. The zero-order valence-corrected chi connectivity index (χ0v) is 11.4. The molecule has 4 nitrogen and oxygen atoms in total. The molecule has 18 heavy (non-hydrogen) atoms. The van der Waals surface area contributed by atoms with Gasteiger partial charge in [0.1, 0.15) is 11.5 Å². The largest absolute Gasteiger partial charge is 0.508 e. The topological polar surface area (TPSA) is 72.6 Å². The van der Waals surface area contributed by atoms with Crippen molar-refractivity contribution >= 4 is 5.91 Å². The SMILES string of the molecule is CC[C@@H](Oc1ccc(O)c(C(C)(C)C)c1)C(N)=O. The second-order valence-corrected chi connectivity index (χ2v) is 5.35. The number of phenols is 1. The number of rotatable bonds is 4. The minimum absolute atomic E-state index is 0.197. The summed E-state index contributed by atoms with van der Waals surface area (Å²) in [7, 11) is 0. The molecule has 0 radical (unpaired) electrons.